The third-order valence-electron chi connectivity index (χ3n) is 3.14. The fraction of sp³-hybridized carbons (Fsp3) is 0.438. The summed E-state index contributed by atoms with van der Waals surface area (Å²) < 4.78 is 10.5. The summed E-state index contributed by atoms with van der Waals surface area (Å²) in [6, 6.07) is 7.42. The second-order valence-electron chi connectivity index (χ2n) is 5.99. The minimum Gasteiger partial charge on any atom is -0.453 e. The normalized spacial score (nSPS) is 13.1. The number of ether oxygens (including phenoxy) is 1. The highest BCUT2D eigenvalue weighted by atomic mass is 32.1. The summed E-state index contributed by atoms with van der Waals surface area (Å²) in [5.41, 5.74) is -0.0809. The zero-order chi connectivity index (χ0) is 15.5. The smallest absolute Gasteiger partial charge is 0.287 e. The van der Waals surface area contributed by atoms with Crippen LogP contribution in [0.2, 0.25) is 0 Å². The van der Waals surface area contributed by atoms with Gasteiger partial charge in [-0.05, 0) is 29.0 Å². The second-order valence-corrected chi connectivity index (χ2v) is 6.97. The summed E-state index contributed by atoms with van der Waals surface area (Å²) in [6.45, 7) is 6.68. The molecule has 2 rings (SSSR count). The monoisotopic (exact) mass is 307 g/mol. The molecule has 5 heteroatoms. The number of furan rings is 1. The van der Waals surface area contributed by atoms with Crippen LogP contribution in [-0.2, 0) is 11.3 Å². The van der Waals surface area contributed by atoms with Gasteiger partial charge < -0.3 is 14.5 Å². The number of methoxy groups -OCH3 is 1. The van der Waals surface area contributed by atoms with E-state index in [1.54, 1.807) is 30.6 Å². The minimum absolute atomic E-state index is 0.0547. The van der Waals surface area contributed by atoms with Crippen LogP contribution in [0.15, 0.2) is 34.1 Å². The zero-order valence-electron chi connectivity index (χ0n) is 12.8. The standard InChI is InChI=1S/C16H21NO3S/c1-16(2,3)14(13-6-5-9-21-13)17-15(18)12-8-7-11(20-12)10-19-4/h5-9,14H,10H2,1-4H3,(H,17,18). The van der Waals surface area contributed by atoms with E-state index in [1.807, 2.05) is 17.5 Å². The van der Waals surface area contributed by atoms with Gasteiger partial charge >= 0.3 is 0 Å². The van der Waals surface area contributed by atoms with Gasteiger partial charge in [-0.3, -0.25) is 4.79 Å². The van der Waals surface area contributed by atoms with Crippen molar-refractivity contribution in [3.8, 4) is 0 Å². The SMILES string of the molecule is COCc1ccc(C(=O)NC(c2cccs2)C(C)(C)C)o1. The van der Waals surface area contributed by atoms with Gasteiger partial charge in [-0.15, -0.1) is 11.3 Å². The summed E-state index contributed by atoms with van der Waals surface area (Å²) in [5.74, 6) is 0.754. The molecule has 0 saturated heterocycles. The number of hydrogen-bond acceptors (Lipinski definition) is 4. The molecule has 2 heterocycles. The Morgan fingerprint density at radius 2 is 2.14 bits per heavy atom. The van der Waals surface area contributed by atoms with E-state index in [-0.39, 0.29) is 17.4 Å². The lowest BCUT2D eigenvalue weighted by atomic mass is 9.85. The number of hydrogen-bond donors (Lipinski definition) is 1. The van der Waals surface area contributed by atoms with Gasteiger partial charge in [0.05, 0.1) is 6.04 Å². The van der Waals surface area contributed by atoms with Crippen LogP contribution < -0.4 is 5.32 Å². The molecular formula is C16H21NO3S. The average molecular weight is 307 g/mol. The third-order valence-corrected chi connectivity index (χ3v) is 4.08. The first-order valence-electron chi connectivity index (χ1n) is 6.83. The summed E-state index contributed by atoms with van der Waals surface area (Å²) in [5, 5.41) is 5.09. The Labute approximate surface area is 129 Å². The maximum atomic E-state index is 12.4. The van der Waals surface area contributed by atoms with Crippen molar-refractivity contribution in [1.29, 1.82) is 0 Å². The van der Waals surface area contributed by atoms with Gasteiger partial charge in [0.2, 0.25) is 0 Å². The number of nitrogens with one attached hydrogen (secondary N) is 1. The molecule has 0 aliphatic rings. The van der Waals surface area contributed by atoms with Gasteiger partial charge in [-0.25, -0.2) is 0 Å². The molecule has 1 atom stereocenters. The molecule has 4 nitrogen and oxygen atoms in total. The number of thiophene rings is 1. The molecule has 21 heavy (non-hydrogen) atoms. The first-order chi connectivity index (χ1) is 9.91. The van der Waals surface area contributed by atoms with E-state index < -0.39 is 0 Å². The fourth-order valence-electron chi connectivity index (χ4n) is 2.09. The quantitative estimate of drug-likeness (QED) is 0.908. The molecule has 0 aromatic carbocycles. The Balaban J connectivity index is 2.14. The Morgan fingerprint density at radius 1 is 1.38 bits per heavy atom. The zero-order valence-corrected chi connectivity index (χ0v) is 13.6. The van der Waals surface area contributed by atoms with Crippen molar-refractivity contribution in [2.45, 2.75) is 33.4 Å². The Kier molecular flexibility index (Phi) is 4.85. The lowest BCUT2D eigenvalue weighted by Crippen LogP contribution is -2.36. The van der Waals surface area contributed by atoms with Crippen LogP contribution in [0.25, 0.3) is 0 Å². The number of amides is 1. The molecule has 0 bridgehead atoms. The average Bonchev–Trinajstić information content (AvgIpc) is 3.05. The maximum Gasteiger partial charge on any atom is 0.287 e. The topological polar surface area (TPSA) is 51.5 Å². The van der Waals surface area contributed by atoms with Crippen molar-refractivity contribution >= 4 is 17.2 Å². The van der Waals surface area contributed by atoms with E-state index in [0.717, 1.165) is 4.88 Å². The van der Waals surface area contributed by atoms with Crippen LogP contribution in [0.1, 0.15) is 48.0 Å². The van der Waals surface area contributed by atoms with E-state index >= 15 is 0 Å². The van der Waals surface area contributed by atoms with Gasteiger partial charge in [0.1, 0.15) is 12.4 Å². The molecule has 1 unspecified atom stereocenters. The van der Waals surface area contributed by atoms with Gasteiger partial charge in [0, 0.05) is 12.0 Å². The Bertz CT molecular complexity index is 581. The van der Waals surface area contributed by atoms with Crippen molar-refractivity contribution in [2.75, 3.05) is 7.11 Å². The van der Waals surface area contributed by atoms with Crippen molar-refractivity contribution in [3.05, 3.63) is 46.0 Å². The molecule has 1 amide bonds. The van der Waals surface area contributed by atoms with Gasteiger partial charge in [-0.2, -0.15) is 0 Å². The van der Waals surface area contributed by atoms with Crippen LogP contribution >= 0.6 is 11.3 Å². The van der Waals surface area contributed by atoms with Crippen LogP contribution in [-0.4, -0.2) is 13.0 Å². The van der Waals surface area contributed by atoms with Crippen molar-refractivity contribution in [1.82, 2.24) is 5.32 Å². The van der Waals surface area contributed by atoms with E-state index in [9.17, 15) is 4.79 Å². The highest BCUT2D eigenvalue weighted by Crippen LogP contribution is 2.35. The van der Waals surface area contributed by atoms with Crippen molar-refractivity contribution < 1.29 is 13.9 Å². The summed E-state index contributed by atoms with van der Waals surface area (Å²) in [6.07, 6.45) is 0. The Morgan fingerprint density at radius 3 is 2.71 bits per heavy atom. The molecule has 0 aliphatic heterocycles. The van der Waals surface area contributed by atoms with Crippen LogP contribution in [0.5, 0.6) is 0 Å². The predicted molar refractivity (Wildman–Crippen MR) is 83.4 cm³/mol. The molecule has 0 radical (unpaired) electrons. The third kappa shape index (κ3) is 3.95. The Hall–Kier alpha value is -1.59. The maximum absolute atomic E-state index is 12.4. The summed E-state index contributed by atoms with van der Waals surface area (Å²) in [4.78, 5) is 13.5. The highest BCUT2D eigenvalue weighted by molar-refractivity contribution is 7.10. The lowest BCUT2D eigenvalue weighted by molar-refractivity contribution is 0.0866. The highest BCUT2D eigenvalue weighted by Gasteiger charge is 2.29. The van der Waals surface area contributed by atoms with Crippen molar-refractivity contribution in [3.63, 3.8) is 0 Å². The van der Waals surface area contributed by atoms with Crippen molar-refractivity contribution in [2.24, 2.45) is 5.41 Å². The molecule has 1 N–H and O–H groups in total. The van der Waals surface area contributed by atoms with E-state index in [1.165, 1.54) is 0 Å². The molecule has 0 aliphatic carbocycles. The van der Waals surface area contributed by atoms with E-state index in [4.69, 9.17) is 9.15 Å². The molecular weight excluding hydrogens is 286 g/mol. The molecule has 114 valence electrons. The number of carbonyl (C=O) groups is 1. The van der Waals surface area contributed by atoms with Crippen LogP contribution in [0.4, 0.5) is 0 Å². The van der Waals surface area contributed by atoms with E-state index in [0.29, 0.717) is 18.1 Å². The summed E-state index contributed by atoms with van der Waals surface area (Å²) >= 11 is 1.64. The van der Waals surface area contributed by atoms with Gasteiger partial charge in [0.15, 0.2) is 5.76 Å². The largest absolute Gasteiger partial charge is 0.453 e. The minimum atomic E-state index is -0.203. The molecule has 0 saturated carbocycles. The number of rotatable bonds is 5. The first kappa shape index (κ1) is 15.8. The van der Waals surface area contributed by atoms with Crippen LogP contribution in [0, 0.1) is 5.41 Å². The van der Waals surface area contributed by atoms with Gasteiger partial charge in [-0.1, -0.05) is 26.8 Å². The van der Waals surface area contributed by atoms with E-state index in [2.05, 4.69) is 26.1 Å². The molecule has 0 fully saturated rings. The van der Waals surface area contributed by atoms with Gasteiger partial charge in [0.25, 0.3) is 5.91 Å². The second kappa shape index (κ2) is 6.45. The molecule has 0 spiro atoms. The predicted octanol–water partition coefficient (Wildman–Crippen LogP) is 4.00. The van der Waals surface area contributed by atoms with Crippen LogP contribution in [0.3, 0.4) is 0 Å². The lowest BCUT2D eigenvalue weighted by Gasteiger charge is -2.30. The molecule has 2 aromatic heterocycles. The first-order valence-corrected chi connectivity index (χ1v) is 7.71. The number of carbonyl (C=O) groups excluding carboxylic acids is 1. The molecule has 2 aromatic rings. The fourth-order valence-corrected chi connectivity index (χ4v) is 3.11. The summed E-state index contributed by atoms with van der Waals surface area (Å²) in [7, 11) is 1.59.